The largest absolute Gasteiger partial charge is 0.309 e. The molecule has 0 amide bonds. The summed E-state index contributed by atoms with van der Waals surface area (Å²) in [5, 5.41) is 8.65. The molecule has 1 unspecified atom stereocenters. The molecule has 2 aromatic heterocycles. The molecule has 0 aromatic carbocycles. The van der Waals surface area contributed by atoms with E-state index in [1.54, 1.807) is 18.6 Å². The second-order valence-corrected chi connectivity index (χ2v) is 5.01. The zero-order valence-electron chi connectivity index (χ0n) is 12.1. The Bertz CT molecular complexity index is 552. The van der Waals surface area contributed by atoms with Crippen LogP contribution in [-0.2, 0) is 19.9 Å². The van der Waals surface area contributed by atoms with E-state index in [9.17, 15) is 0 Å². The maximum absolute atomic E-state index is 6.41. The van der Waals surface area contributed by atoms with Crippen molar-refractivity contribution < 1.29 is 0 Å². The maximum Gasteiger partial charge on any atom is 0.0850 e. The predicted octanol–water partition coefficient (Wildman–Crippen LogP) is 2.32. The molecule has 108 valence electrons. The lowest BCUT2D eigenvalue weighted by atomic mass is 10.1. The van der Waals surface area contributed by atoms with Crippen molar-refractivity contribution in [3.8, 4) is 0 Å². The Labute approximate surface area is 124 Å². The van der Waals surface area contributed by atoms with Gasteiger partial charge in [-0.1, -0.05) is 25.4 Å². The van der Waals surface area contributed by atoms with E-state index in [-0.39, 0.29) is 6.04 Å². The third kappa shape index (κ3) is 3.16. The number of nitrogens with zero attached hydrogens (tertiary/aromatic N) is 4. The quantitative estimate of drug-likeness (QED) is 0.888. The third-order valence-electron chi connectivity index (χ3n) is 3.29. The molecule has 0 saturated heterocycles. The van der Waals surface area contributed by atoms with E-state index in [0.29, 0.717) is 0 Å². The van der Waals surface area contributed by atoms with Crippen molar-refractivity contribution in [1.29, 1.82) is 0 Å². The average molecular weight is 294 g/mol. The number of likely N-dealkylation sites (N-methyl/N-ethyl adjacent to an activating group) is 1. The van der Waals surface area contributed by atoms with Gasteiger partial charge in [-0.2, -0.15) is 5.10 Å². The van der Waals surface area contributed by atoms with E-state index >= 15 is 0 Å². The number of rotatable bonds is 6. The molecule has 0 bridgehead atoms. The van der Waals surface area contributed by atoms with Crippen LogP contribution in [0.15, 0.2) is 18.6 Å². The summed E-state index contributed by atoms with van der Waals surface area (Å²) >= 11 is 6.41. The van der Waals surface area contributed by atoms with Crippen LogP contribution in [0.5, 0.6) is 0 Å². The van der Waals surface area contributed by atoms with Gasteiger partial charge in [0.25, 0.3) is 0 Å². The molecule has 1 atom stereocenters. The van der Waals surface area contributed by atoms with E-state index in [0.717, 1.165) is 41.5 Å². The van der Waals surface area contributed by atoms with Crippen LogP contribution >= 0.6 is 11.6 Å². The van der Waals surface area contributed by atoms with Crippen molar-refractivity contribution in [3.05, 3.63) is 40.7 Å². The Kier molecular flexibility index (Phi) is 5.09. The van der Waals surface area contributed by atoms with Crippen LogP contribution in [0, 0.1) is 0 Å². The molecule has 0 radical (unpaired) electrons. The van der Waals surface area contributed by atoms with Gasteiger partial charge in [0.15, 0.2) is 0 Å². The van der Waals surface area contributed by atoms with Crippen molar-refractivity contribution in [2.75, 3.05) is 6.54 Å². The topological polar surface area (TPSA) is 55.6 Å². The highest BCUT2D eigenvalue weighted by molar-refractivity contribution is 6.31. The zero-order valence-corrected chi connectivity index (χ0v) is 12.9. The number of hydrogen-bond acceptors (Lipinski definition) is 4. The van der Waals surface area contributed by atoms with Gasteiger partial charge < -0.3 is 5.32 Å². The summed E-state index contributed by atoms with van der Waals surface area (Å²) in [4.78, 5) is 8.52. The fraction of sp³-hybridized carbons (Fsp3) is 0.500. The summed E-state index contributed by atoms with van der Waals surface area (Å²) < 4.78 is 1.86. The second-order valence-electron chi connectivity index (χ2n) is 4.63. The molecule has 6 heteroatoms. The van der Waals surface area contributed by atoms with Gasteiger partial charge in [0, 0.05) is 32.1 Å². The van der Waals surface area contributed by atoms with Crippen LogP contribution in [0.4, 0.5) is 0 Å². The first-order valence-corrected chi connectivity index (χ1v) is 7.24. The molecule has 0 spiro atoms. The second kappa shape index (κ2) is 6.81. The molecule has 0 saturated carbocycles. The highest BCUT2D eigenvalue weighted by atomic mass is 35.5. The van der Waals surface area contributed by atoms with Gasteiger partial charge in [-0.25, -0.2) is 0 Å². The molecular formula is C14H20ClN5. The van der Waals surface area contributed by atoms with Crippen molar-refractivity contribution >= 4 is 11.6 Å². The Hall–Kier alpha value is -1.46. The summed E-state index contributed by atoms with van der Waals surface area (Å²) in [7, 11) is 1.93. The van der Waals surface area contributed by atoms with Gasteiger partial charge in [-0.05, 0) is 13.0 Å². The molecule has 0 fully saturated rings. The van der Waals surface area contributed by atoms with Gasteiger partial charge in [0.05, 0.1) is 28.1 Å². The van der Waals surface area contributed by atoms with Crippen LogP contribution in [0.1, 0.15) is 37.0 Å². The number of hydrogen-bond donors (Lipinski definition) is 1. The summed E-state index contributed by atoms with van der Waals surface area (Å²) in [6, 6.07) is 0.0892. The standard InChI is InChI=1S/C14H20ClN5/c1-4-10-14(15)13(20(3)19-10)8-11(17-5-2)12-9-16-6-7-18-12/h6-7,9,11,17H,4-5,8H2,1-3H3. The van der Waals surface area contributed by atoms with Gasteiger partial charge in [-0.3, -0.25) is 14.6 Å². The Balaban J connectivity index is 2.27. The van der Waals surface area contributed by atoms with Crippen LogP contribution in [0.3, 0.4) is 0 Å². The van der Waals surface area contributed by atoms with Gasteiger partial charge in [-0.15, -0.1) is 0 Å². The van der Waals surface area contributed by atoms with Crippen molar-refractivity contribution in [2.45, 2.75) is 32.7 Å². The first kappa shape index (κ1) is 14.9. The summed E-state index contributed by atoms with van der Waals surface area (Å²) in [6.07, 6.45) is 6.76. The molecule has 2 aromatic rings. The fourth-order valence-corrected chi connectivity index (χ4v) is 2.62. The predicted molar refractivity (Wildman–Crippen MR) is 79.7 cm³/mol. The Morgan fingerprint density at radius 2 is 2.15 bits per heavy atom. The smallest absolute Gasteiger partial charge is 0.0850 e. The van der Waals surface area contributed by atoms with Crippen LogP contribution in [0.25, 0.3) is 0 Å². The van der Waals surface area contributed by atoms with Crippen LogP contribution in [-0.4, -0.2) is 26.3 Å². The van der Waals surface area contributed by atoms with E-state index in [1.807, 2.05) is 11.7 Å². The minimum absolute atomic E-state index is 0.0892. The van der Waals surface area contributed by atoms with Gasteiger partial charge in [0.2, 0.25) is 0 Å². The molecule has 20 heavy (non-hydrogen) atoms. The lowest BCUT2D eigenvalue weighted by Gasteiger charge is -2.17. The highest BCUT2D eigenvalue weighted by Crippen LogP contribution is 2.25. The molecular weight excluding hydrogens is 274 g/mol. The molecule has 2 heterocycles. The third-order valence-corrected chi connectivity index (χ3v) is 3.73. The van der Waals surface area contributed by atoms with E-state index in [1.165, 1.54) is 0 Å². The van der Waals surface area contributed by atoms with E-state index in [4.69, 9.17) is 11.6 Å². The lowest BCUT2D eigenvalue weighted by Crippen LogP contribution is -2.25. The first-order valence-electron chi connectivity index (χ1n) is 6.86. The minimum Gasteiger partial charge on any atom is -0.309 e. The number of aromatic nitrogens is 4. The van der Waals surface area contributed by atoms with E-state index in [2.05, 4.69) is 34.2 Å². The molecule has 0 aliphatic heterocycles. The van der Waals surface area contributed by atoms with Crippen LogP contribution in [0.2, 0.25) is 5.02 Å². The Morgan fingerprint density at radius 3 is 2.70 bits per heavy atom. The molecule has 1 N–H and O–H groups in total. The van der Waals surface area contributed by atoms with Crippen molar-refractivity contribution in [2.24, 2.45) is 7.05 Å². The Morgan fingerprint density at radius 1 is 1.35 bits per heavy atom. The lowest BCUT2D eigenvalue weighted by molar-refractivity contribution is 0.515. The first-order chi connectivity index (χ1) is 9.67. The van der Waals surface area contributed by atoms with E-state index < -0.39 is 0 Å². The summed E-state index contributed by atoms with van der Waals surface area (Å²) in [5.74, 6) is 0. The fourth-order valence-electron chi connectivity index (χ4n) is 2.25. The van der Waals surface area contributed by atoms with Gasteiger partial charge in [0.1, 0.15) is 0 Å². The highest BCUT2D eigenvalue weighted by Gasteiger charge is 2.19. The molecule has 0 aliphatic rings. The SMILES string of the molecule is CCNC(Cc1c(Cl)c(CC)nn1C)c1cnccn1. The minimum atomic E-state index is 0.0892. The van der Waals surface area contributed by atoms with Crippen LogP contribution < -0.4 is 5.32 Å². The summed E-state index contributed by atoms with van der Waals surface area (Å²) in [5.41, 5.74) is 2.89. The van der Waals surface area contributed by atoms with Crippen molar-refractivity contribution in [3.63, 3.8) is 0 Å². The number of halogens is 1. The normalized spacial score (nSPS) is 12.6. The number of nitrogens with one attached hydrogen (secondary N) is 1. The molecule has 5 nitrogen and oxygen atoms in total. The molecule has 0 aliphatic carbocycles. The number of aryl methyl sites for hydroxylation is 2. The zero-order chi connectivity index (χ0) is 14.5. The average Bonchev–Trinajstić information content (AvgIpc) is 2.75. The van der Waals surface area contributed by atoms with Gasteiger partial charge >= 0.3 is 0 Å². The van der Waals surface area contributed by atoms with Crippen molar-refractivity contribution in [1.82, 2.24) is 25.1 Å². The summed E-state index contributed by atoms with van der Waals surface area (Å²) in [6.45, 7) is 4.99. The maximum atomic E-state index is 6.41. The molecule has 2 rings (SSSR count). The monoisotopic (exact) mass is 293 g/mol.